The van der Waals surface area contributed by atoms with Gasteiger partial charge in [-0.1, -0.05) is 48.5 Å². The van der Waals surface area contributed by atoms with Crippen LogP contribution in [0.3, 0.4) is 0 Å². The highest BCUT2D eigenvalue weighted by atomic mass is 16.3. The van der Waals surface area contributed by atoms with Crippen molar-refractivity contribution in [3.05, 3.63) is 102 Å². The Labute approximate surface area is 178 Å². The Bertz CT molecular complexity index is 1290. The number of aromatic nitrogens is 1. The quantitative estimate of drug-likeness (QED) is 0.289. The van der Waals surface area contributed by atoms with Gasteiger partial charge in [0, 0.05) is 29.2 Å². The van der Waals surface area contributed by atoms with Crippen molar-refractivity contribution < 1.29 is 19.1 Å². The number of rotatable bonds is 5. The smallest absolute Gasteiger partial charge is 0.295 e. The molecule has 1 saturated heterocycles. The summed E-state index contributed by atoms with van der Waals surface area (Å²) in [6.07, 6.45) is 3.98. The van der Waals surface area contributed by atoms with Crippen LogP contribution in [0.2, 0.25) is 0 Å². The molecule has 2 aromatic carbocycles. The van der Waals surface area contributed by atoms with Crippen molar-refractivity contribution in [2.75, 3.05) is 6.54 Å². The van der Waals surface area contributed by atoms with Crippen molar-refractivity contribution in [2.24, 2.45) is 0 Å². The van der Waals surface area contributed by atoms with Crippen molar-refractivity contribution in [1.82, 2.24) is 9.88 Å². The number of nitrogens with zero attached hydrogens (tertiary/aromatic N) is 1. The summed E-state index contributed by atoms with van der Waals surface area (Å²) >= 11 is 0. The molecule has 1 fully saturated rings. The van der Waals surface area contributed by atoms with Gasteiger partial charge in [-0.3, -0.25) is 9.59 Å². The number of hydrogen-bond donors (Lipinski definition) is 2. The van der Waals surface area contributed by atoms with E-state index in [2.05, 4.69) is 4.98 Å². The average molecular weight is 412 g/mol. The molecule has 3 heterocycles. The fraction of sp³-hybridized carbons (Fsp3) is 0.120. The van der Waals surface area contributed by atoms with E-state index in [1.807, 2.05) is 36.5 Å². The van der Waals surface area contributed by atoms with Crippen molar-refractivity contribution in [2.45, 2.75) is 12.5 Å². The minimum absolute atomic E-state index is 0.0464. The lowest BCUT2D eigenvalue weighted by Crippen LogP contribution is -2.31. The van der Waals surface area contributed by atoms with Gasteiger partial charge in [0.1, 0.15) is 17.6 Å². The maximum absolute atomic E-state index is 13.0. The van der Waals surface area contributed by atoms with Gasteiger partial charge in [-0.25, -0.2) is 0 Å². The summed E-state index contributed by atoms with van der Waals surface area (Å²) in [6.45, 7) is 0.309. The summed E-state index contributed by atoms with van der Waals surface area (Å²) in [7, 11) is 0. The molecular weight excluding hydrogens is 392 g/mol. The number of carbonyl (C=O) groups is 2. The van der Waals surface area contributed by atoms with Crippen LogP contribution >= 0.6 is 0 Å². The number of amides is 1. The Hall–Kier alpha value is -4.06. The summed E-state index contributed by atoms with van der Waals surface area (Å²) in [6, 6.07) is 19.3. The van der Waals surface area contributed by atoms with Crippen LogP contribution in [0.4, 0.5) is 0 Å². The van der Waals surface area contributed by atoms with E-state index in [0.29, 0.717) is 24.3 Å². The standard InChI is InChI=1S/C25H20N2O4/c28-23(16-7-2-1-3-8-16)21-22(20-11-6-14-31-20)27(25(30)24(21)29)13-12-17-15-26-19-10-5-4-9-18(17)19/h1-11,14-15,22,26,28H,12-13H2/t22-/m0/s1. The second-order valence-corrected chi connectivity index (χ2v) is 7.48. The maximum atomic E-state index is 13.0. The van der Waals surface area contributed by atoms with Crippen LogP contribution in [-0.2, 0) is 16.0 Å². The molecule has 0 aliphatic carbocycles. The molecular formula is C25H20N2O4. The molecule has 4 aromatic rings. The molecule has 0 unspecified atom stereocenters. The Kier molecular flexibility index (Phi) is 4.67. The molecule has 2 N–H and O–H groups in total. The van der Waals surface area contributed by atoms with Crippen LogP contribution in [0, 0.1) is 0 Å². The SMILES string of the molecule is O=C1C(=O)N(CCc2c[nH]c3ccccc23)[C@@H](c2ccco2)C1=C(O)c1ccccc1. The van der Waals surface area contributed by atoms with E-state index in [4.69, 9.17) is 4.42 Å². The number of aromatic amines is 1. The third-order valence-electron chi connectivity index (χ3n) is 5.70. The number of H-pyrrole nitrogens is 1. The van der Waals surface area contributed by atoms with Gasteiger partial charge >= 0.3 is 0 Å². The molecule has 154 valence electrons. The molecule has 0 radical (unpaired) electrons. The molecule has 6 heteroatoms. The number of carbonyl (C=O) groups excluding carboxylic acids is 2. The summed E-state index contributed by atoms with van der Waals surface area (Å²) in [5.41, 5.74) is 2.60. The van der Waals surface area contributed by atoms with Gasteiger partial charge in [0.2, 0.25) is 0 Å². The highest BCUT2D eigenvalue weighted by Crippen LogP contribution is 2.39. The summed E-state index contributed by atoms with van der Waals surface area (Å²) in [4.78, 5) is 30.6. The predicted molar refractivity (Wildman–Crippen MR) is 116 cm³/mol. The third-order valence-corrected chi connectivity index (χ3v) is 5.70. The molecule has 6 nitrogen and oxygen atoms in total. The zero-order valence-corrected chi connectivity index (χ0v) is 16.6. The van der Waals surface area contributed by atoms with Gasteiger partial charge in [0.15, 0.2) is 0 Å². The van der Waals surface area contributed by atoms with Crippen molar-refractivity contribution in [3.8, 4) is 0 Å². The van der Waals surface area contributed by atoms with Gasteiger partial charge in [-0.05, 0) is 30.2 Å². The first-order chi connectivity index (χ1) is 15.1. The number of para-hydroxylation sites is 1. The monoisotopic (exact) mass is 412 g/mol. The van der Waals surface area contributed by atoms with Crippen LogP contribution < -0.4 is 0 Å². The molecule has 0 saturated carbocycles. The second kappa shape index (κ2) is 7.65. The van der Waals surface area contributed by atoms with Crippen LogP contribution in [0.15, 0.2) is 89.2 Å². The fourth-order valence-electron chi connectivity index (χ4n) is 4.18. The normalized spacial score (nSPS) is 18.2. The molecule has 1 amide bonds. The minimum Gasteiger partial charge on any atom is -0.507 e. The first-order valence-corrected chi connectivity index (χ1v) is 10.1. The Morgan fingerprint density at radius 1 is 1.00 bits per heavy atom. The number of aliphatic hydroxyl groups is 1. The van der Waals surface area contributed by atoms with Crippen molar-refractivity contribution in [1.29, 1.82) is 0 Å². The van der Waals surface area contributed by atoms with E-state index in [-0.39, 0.29) is 11.3 Å². The second-order valence-electron chi connectivity index (χ2n) is 7.48. The Morgan fingerprint density at radius 3 is 2.55 bits per heavy atom. The van der Waals surface area contributed by atoms with Gasteiger partial charge in [0.05, 0.1) is 11.8 Å². The average Bonchev–Trinajstić information content (AvgIpc) is 3.53. The lowest BCUT2D eigenvalue weighted by atomic mass is 9.99. The Balaban J connectivity index is 1.53. The molecule has 0 spiro atoms. The van der Waals surface area contributed by atoms with E-state index < -0.39 is 17.7 Å². The molecule has 2 aromatic heterocycles. The van der Waals surface area contributed by atoms with E-state index in [1.54, 1.807) is 36.4 Å². The number of Topliss-reactive ketones (excluding diaryl/α,β-unsaturated/α-hetero) is 1. The summed E-state index contributed by atoms with van der Waals surface area (Å²) < 4.78 is 5.57. The number of likely N-dealkylation sites (tertiary alicyclic amines) is 1. The van der Waals surface area contributed by atoms with Crippen LogP contribution in [0.25, 0.3) is 16.7 Å². The number of furan rings is 1. The highest BCUT2D eigenvalue weighted by molar-refractivity contribution is 6.46. The topological polar surface area (TPSA) is 86.5 Å². The number of nitrogens with one attached hydrogen (secondary N) is 1. The number of fused-ring (bicyclic) bond motifs is 1. The van der Waals surface area contributed by atoms with E-state index in [0.717, 1.165) is 16.5 Å². The lowest BCUT2D eigenvalue weighted by molar-refractivity contribution is -0.140. The minimum atomic E-state index is -0.777. The zero-order chi connectivity index (χ0) is 21.4. The predicted octanol–water partition coefficient (Wildman–Crippen LogP) is 4.43. The van der Waals surface area contributed by atoms with E-state index in [1.165, 1.54) is 11.2 Å². The van der Waals surface area contributed by atoms with Gasteiger partial charge in [-0.15, -0.1) is 0 Å². The molecule has 1 aliphatic rings. The number of benzene rings is 2. The Morgan fingerprint density at radius 2 is 1.77 bits per heavy atom. The maximum Gasteiger partial charge on any atom is 0.295 e. The van der Waals surface area contributed by atoms with Gasteiger partial charge in [-0.2, -0.15) is 0 Å². The first kappa shape index (κ1) is 18.9. The van der Waals surface area contributed by atoms with Gasteiger partial charge in [0.25, 0.3) is 11.7 Å². The number of aliphatic hydroxyl groups excluding tert-OH is 1. The molecule has 1 aliphatic heterocycles. The number of ketones is 1. The van der Waals surface area contributed by atoms with Gasteiger partial charge < -0.3 is 19.4 Å². The summed E-state index contributed by atoms with van der Waals surface area (Å²) in [5.74, 6) is -1.11. The van der Waals surface area contributed by atoms with E-state index in [9.17, 15) is 14.7 Å². The van der Waals surface area contributed by atoms with Crippen molar-refractivity contribution in [3.63, 3.8) is 0 Å². The third kappa shape index (κ3) is 3.22. The zero-order valence-electron chi connectivity index (χ0n) is 16.6. The van der Waals surface area contributed by atoms with Crippen LogP contribution in [-0.4, -0.2) is 33.2 Å². The van der Waals surface area contributed by atoms with E-state index >= 15 is 0 Å². The first-order valence-electron chi connectivity index (χ1n) is 10.1. The molecule has 1 atom stereocenters. The molecule has 0 bridgehead atoms. The molecule has 5 rings (SSSR count). The summed E-state index contributed by atoms with van der Waals surface area (Å²) in [5, 5.41) is 12.0. The number of hydrogen-bond acceptors (Lipinski definition) is 4. The van der Waals surface area contributed by atoms with Crippen molar-refractivity contribution >= 4 is 28.4 Å². The van der Waals surface area contributed by atoms with Crippen LogP contribution in [0.1, 0.15) is 22.9 Å². The highest BCUT2D eigenvalue weighted by Gasteiger charge is 2.47. The largest absolute Gasteiger partial charge is 0.507 e. The molecule has 31 heavy (non-hydrogen) atoms. The van der Waals surface area contributed by atoms with Crippen LogP contribution in [0.5, 0.6) is 0 Å². The lowest BCUT2D eigenvalue weighted by Gasteiger charge is -2.23. The fourth-order valence-corrected chi connectivity index (χ4v) is 4.18.